The first-order chi connectivity index (χ1) is 9.87. The Balaban J connectivity index is 2.79. The lowest BCUT2D eigenvalue weighted by Crippen LogP contribution is -2.35. The first-order valence-corrected chi connectivity index (χ1v) is 7.56. The molecule has 0 saturated heterocycles. The maximum atomic E-state index is 9.22. The van der Waals surface area contributed by atoms with Gasteiger partial charge in [-0.3, -0.25) is 0 Å². The molecule has 0 radical (unpaired) electrons. The fourth-order valence-corrected chi connectivity index (χ4v) is 2.22. The summed E-state index contributed by atoms with van der Waals surface area (Å²) < 4.78 is 5.15. The Kier molecular flexibility index (Phi) is 7.15. The quantitative estimate of drug-likeness (QED) is 0.772. The van der Waals surface area contributed by atoms with E-state index < -0.39 is 0 Å². The van der Waals surface area contributed by atoms with Crippen LogP contribution >= 0.6 is 0 Å². The van der Waals surface area contributed by atoms with E-state index in [0.717, 1.165) is 13.1 Å². The van der Waals surface area contributed by atoms with Crippen LogP contribution in [0.25, 0.3) is 0 Å². The summed E-state index contributed by atoms with van der Waals surface area (Å²) in [6.45, 7) is 11.7. The number of hydrogen-bond acceptors (Lipinski definition) is 4. The van der Waals surface area contributed by atoms with E-state index in [9.17, 15) is 5.11 Å². The molecule has 1 rings (SSSR count). The molecule has 0 aliphatic rings. The molecule has 120 valence electrons. The first kappa shape index (κ1) is 18.0. The minimum absolute atomic E-state index is 0.119. The summed E-state index contributed by atoms with van der Waals surface area (Å²) in [5, 5.41) is 12.7. The molecule has 0 saturated carbocycles. The van der Waals surface area contributed by atoms with Crippen LogP contribution in [0.4, 0.5) is 5.69 Å². The molecule has 0 aliphatic heterocycles. The van der Waals surface area contributed by atoms with Crippen LogP contribution in [-0.2, 0) is 11.3 Å². The second-order valence-electron chi connectivity index (χ2n) is 6.43. The lowest BCUT2D eigenvalue weighted by Gasteiger charge is -2.26. The van der Waals surface area contributed by atoms with Gasteiger partial charge in [0.05, 0.1) is 13.2 Å². The van der Waals surface area contributed by atoms with Crippen LogP contribution in [0.15, 0.2) is 18.2 Å². The average Bonchev–Trinajstić information content (AvgIpc) is 2.41. The number of aryl methyl sites for hydroxylation is 1. The summed E-state index contributed by atoms with van der Waals surface area (Å²) in [6.07, 6.45) is 0. The van der Waals surface area contributed by atoms with Crippen molar-refractivity contribution in [2.24, 2.45) is 0 Å². The number of rotatable bonds is 8. The van der Waals surface area contributed by atoms with Gasteiger partial charge in [-0.05, 0) is 44.9 Å². The van der Waals surface area contributed by atoms with Gasteiger partial charge in [0, 0.05) is 38.0 Å². The fourth-order valence-electron chi connectivity index (χ4n) is 2.22. The predicted molar refractivity (Wildman–Crippen MR) is 88.9 cm³/mol. The smallest absolute Gasteiger partial charge is 0.0637 e. The molecule has 2 N–H and O–H groups in total. The molecule has 0 aliphatic carbocycles. The average molecular weight is 294 g/mol. The van der Waals surface area contributed by atoms with E-state index in [4.69, 9.17) is 4.74 Å². The Morgan fingerprint density at radius 3 is 2.48 bits per heavy atom. The van der Waals surface area contributed by atoms with Gasteiger partial charge in [0.25, 0.3) is 0 Å². The van der Waals surface area contributed by atoms with Gasteiger partial charge in [-0.2, -0.15) is 0 Å². The number of nitrogens with zero attached hydrogens (tertiary/aromatic N) is 1. The molecule has 0 aromatic heterocycles. The summed E-state index contributed by atoms with van der Waals surface area (Å²) in [5.74, 6) is 0. The van der Waals surface area contributed by atoms with Crippen molar-refractivity contribution in [2.75, 3.05) is 38.3 Å². The molecule has 0 amide bonds. The molecule has 0 heterocycles. The SMILES string of the molecule is COCCN(CCO)c1ccc(CNC(C)(C)C)cc1C. The van der Waals surface area contributed by atoms with Crippen LogP contribution in [0, 0.1) is 6.92 Å². The summed E-state index contributed by atoms with van der Waals surface area (Å²) in [7, 11) is 1.70. The van der Waals surface area contributed by atoms with Crippen molar-refractivity contribution in [3.63, 3.8) is 0 Å². The van der Waals surface area contributed by atoms with Gasteiger partial charge in [0.15, 0.2) is 0 Å². The number of ether oxygens (including phenoxy) is 1. The van der Waals surface area contributed by atoms with Gasteiger partial charge in [-0.15, -0.1) is 0 Å². The highest BCUT2D eigenvalue weighted by Gasteiger charge is 2.11. The van der Waals surface area contributed by atoms with E-state index in [1.807, 2.05) is 0 Å². The molecule has 0 bridgehead atoms. The van der Waals surface area contributed by atoms with Crippen LogP contribution in [0.5, 0.6) is 0 Å². The number of anilines is 1. The van der Waals surface area contributed by atoms with Crippen molar-refractivity contribution < 1.29 is 9.84 Å². The van der Waals surface area contributed by atoms with Gasteiger partial charge in [0.1, 0.15) is 0 Å². The molecular formula is C17H30N2O2. The normalized spacial score (nSPS) is 11.7. The van der Waals surface area contributed by atoms with E-state index in [1.165, 1.54) is 16.8 Å². The van der Waals surface area contributed by atoms with Gasteiger partial charge < -0.3 is 20.1 Å². The molecule has 0 spiro atoms. The van der Waals surface area contributed by atoms with Crippen molar-refractivity contribution >= 4 is 5.69 Å². The molecule has 0 atom stereocenters. The Bertz CT molecular complexity index is 427. The van der Waals surface area contributed by atoms with Crippen molar-refractivity contribution in [2.45, 2.75) is 39.8 Å². The summed E-state index contributed by atoms with van der Waals surface area (Å²) in [5.41, 5.74) is 3.80. The molecule has 4 heteroatoms. The number of methoxy groups -OCH3 is 1. The monoisotopic (exact) mass is 294 g/mol. The molecular weight excluding hydrogens is 264 g/mol. The third kappa shape index (κ3) is 6.46. The van der Waals surface area contributed by atoms with Crippen LogP contribution in [-0.4, -0.2) is 44.1 Å². The van der Waals surface area contributed by atoms with E-state index in [0.29, 0.717) is 13.2 Å². The Morgan fingerprint density at radius 2 is 1.95 bits per heavy atom. The van der Waals surface area contributed by atoms with Crippen molar-refractivity contribution in [3.05, 3.63) is 29.3 Å². The van der Waals surface area contributed by atoms with Gasteiger partial charge in [-0.25, -0.2) is 0 Å². The minimum Gasteiger partial charge on any atom is -0.395 e. The van der Waals surface area contributed by atoms with Crippen LogP contribution < -0.4 is 10.2 Å². The lowest BCUT2D eigenvalue weighted by atomic mass is 10.1. The van der Waals surface area contributed by atoms with Crippen LogP contribution in [0.1, 0.15) is 31.9 Å². The molecule has 1 aromatic carbocycles. The number of hydrogen-bond donors (Lipinski definition) is 2. The Hall–Kier alpha value is -1.10. The topological polar surface area (TPSA) is 44.7 Å². The van der Waals surface area contributed by atoms with E-state index in [1.54, 1.807) is 7.11 Å². The highest BCUT2D eigenvalue weighted by molar-refractivity contribution is 5.54. The fraction of sp³-hybridized carbons (Fsp3) is 0.647. The zero-order valence-electron chi connectivity index (χ0n) is 14.1. The summed E-state index contributed by atoms with van der Waals surface area (Å²) >= 11 is 0. The van der Waals surface area contributed by atoms with Crippen LogP contribution in [0.2, 0.25) is 0 Å². The number of nitrogens with one attached hydrogen (secondary N) is 1. The lowest BCUT2D eigenvalue weighted by molar-refractivity contribution is 0.203. The Labute approximate surface area is 129 Å². The maximum absolute atomic E-state index is 9.22. The van der Waals surface area contributed by atoms with Gasteiger partial charge >= 0.3 is 0 Å². The second kappa shape index (κ2) is 8.37. The second-order valence-corrected chi connectivity index (χ2v) is 6.43. The largest absolute Gasteiger partial charge is 0.395 e. The summed E-state index contributed by atoms with van der Waals surface area (Å²) in [4.78, 5) is 2.17. The van der Waals surface area contributed by atoms with Gasteiger partial charge in [0.2, 0.25) is 0 Å². The number of benzene rings is 1. The Morgan fingerprint density at radius 1 is 1.24 bits per heavy atom. The van der Waals surface area contributed by atoms with Crippen molar-refractivity contribution in [1.29, 1.82) is 0 Å². The zero-order valence-corrected chi connectivity index (χ0v) is 14.1. The van der Waals surface area contributed by atoms with E-state index in [2.05, 4.69) is 56.1 Å². The van der Waals surface area contributed by atoms with E-state index in [-0.39, 0.29) is 12.1 Å². The highest BCUT2D eigenvalue weighted by Crippen LogP contribution is 2.21. The molecule has 0 fully saturated rings. The molecule has 21 heavy (non-hydrogen) atoms. The molecule has 0 unspecified atom stereocenters. The highest BCUT2D eigenvalue weighted by atomic mass is 16.5. The van der Waals surface area contributed by atoms with Crippen molar-refractivity contribution in [3.8, 4) is 0 Å². The first-order valence-electron chi connectivity index (χ1n) is 7.56. The summed E-state index contributed by atoms with van der Waals surface area (Å²) in [6, 6.07) is 6.50. The zero-order chi connectivity index (χ0) is 15.9. The molecule has 1 aromatic rings. The van der Waals surface area contributed by atoms with E-state index >= 15 is 0 Å². The number of aliphatic hydroxyl groups excluding tert-OH is 1. The standard InChI is InChI=1S/C17H30N2O2/c1-14-12-15(13-18-17(2,3)4)6-7-16(14)19(8-10-20)9-11-21-5/h6-7,12,18,20H,8-11,13H2,1-5H3. The predicted octanol–water partition coefficient (Wildman–Crippen LogP) is 2.33. The molecule has 4 nitrogen and oxygen atoms in total. The third-order valence-corrected chi connectivity index (χ3v) is 3.36. The third-order valence-electron chi connectivity index (χ3n) is 3.36. The minimum atomic E-state index is 0.119. The van der Waals surface area contributed by atoms with Gasteiger partial charge in [-0.1, -0.05) is 12.1 Å². The van der Waals surface area contributed by atoms with Crippen LogP contribution in [0.3, 0.4) is 0 Å². The van der Waals surface area contributed by atoms with Crippen molar-refractivity contribution in [1.82, 2.24) is 5.32 Å². The number of aliphatic hydroxyl groups is 1. The maximum Gasteiger partial charge on any atom is 0.0637 e.